The molecule has 0 aliphatic heterocycles. The Morgan fingerprint density at radius 1 is 1.04 bits per heavy atom. The zero-order valence-corrected chi connectivity index (χ0v) is 14.4. The maximum absolute atomic E-state index is 4.23. The van der Waals surface area contributed by atoms with E-state index >= 15 is 0 Å². The SMILES string of the molecule is C=C/C=C1\C(=C)C(=C)/C(=C\C(=C)N(C)c2ccccc2)C1(C)C. The molecule has 0 unspecified atom stereocenters. The fourth-order valence-corrected chi connectivity index (χ4v) is 3.00. The molecule has 0 heterocycles. The minimum atomic E-state index is -0.150. The lowest BCUT2D eigenvalue weighted by atomic mass is 9.82. The summed E-state index contributed by atoms with van der Waals surface area (Å²) in [6, 6.07) is 10.2. The van der Waals surface area contributed by atoms with Crippen molar-refractivity contribution < 1.29 is 0 Å². The van der Waals surface area contributed by atoms with Crippen molar-refractivity contribution in [1.82, 2.24) is 0 Å². The number of anilines is 1. The number of benzene rings is 1. The molecule has 1 fully saturated rings. The van der Waals surface area contributed by atoms with Gasteiger partial charge in [-0.2, -0.15) is 0 Å². The molecule has 0 saturated heterocycles. The number of hydrogen-bond donors (Lipinski definition) is 0. The Balaban J connectivity index is 2.40. The molecule has 0 spiro atoms. The maximum atomic E-state index is 4.23. The largest absolute Gasteiger partial charge is 0.345 e. The molecule has 0 radical (unpaired) electrons. The standard InChI is InChI=1S/C22H25N/c1-8-12-20-17(3)18(4)21(22(20,5)6)15-16(2)23(7)19-13-10-9-11-14-19/h8-15H,1-4H2,5-7H3/b20-12+,21-15+. The van der Waals surface area contributed by atoms with Crippen molar-refractivity contribution in [2.45, 2.75) is 13.8 Å². The normalized spacial score (nSPS) is 20.1. The summed E-state index contributed by atoms with van der Waals surface area (Å²) in [5.74, 6) is 0. The fourth-order valence-electron chi connectivity index (χ4n) is 3.00. The van der Waals surface area contributed by atoms with Crippen LogP contribution in [0.25, 0.3) is 0 Å². The molecule has 1 heteroatoms. The summed E-state index contributed by atoms with van der Waals surface area (Å²) in [5, 5.41) is 0. The highest BCUT2D eigenvalue weighted by Gasteiger charge is 2.38. The van der Waals surface area contributed by atoms with Gasteiger partial charge < -0.3 is 4.90 Å². The van der Waals surface area contributed by atoms with E-state index in [4.69, 9.17) is 0 Å². The Labute approximate surface area is 140 Å². The van der Waals surface area contributed by atoms with Crippen LogP contribution in [0.15, 0.2) is 103 Å². The van der Waals surface area contributed by atoms with Gasteiger partial charge in [0.25, 0.3) is 0 Å². The third-order valence-electron chi connectivity index (χ3n) is 4.53. The van der Waals surface area contributed by atoms with Crippen LogP contribution in [-0.4, -0.2) is 7.05 Å². The Bertz CT molecular complexity index is 726. The summed E-state index contributed by atoms with van der Waals surface area (Å²) in [6.07, 6.45) is 5.95. The van der Waals surface area contributed by atoms with Crippen LogP contribution in [0.1, 0.15) is 13.8 Å². The molecule has 0 bridgehead atoms. The van der Waals surface area contributed by atoms with Gasteiger partial charge in [-0.15, -0.1) is 0 Å². The molecule has 0 aromatic heterocycles. The lowest BCUT2D eigenvalue weighted by molar-refractivity contribution is 0.583. The highest BCUT2D eigenvalue weighted by atomic mass is 15.1. The zero-order chi connectivity index (χ0) is 17.2. The van der Waals surface area contributed by atoms with E-state index in [1.54, 1.807) is 0 Å². The van der Waals surface area contributed by atoms with Crippen LogP contribution >= 0.6 is 0 Å². The van der Waals surface area contributed by atoms with Crippen LogP contribution in [0.2, 0.25) is 0 Å². The smallest absolute Gasteiger partial charge is 0.0407 e. The van der Waals surface area contributed by atoms with Crippen molar-refractivity contribution in [2.75, 3.05) is 11.9 Å². The Hall–Kier alpha value is -2.54. The van der Waals surface area contributed by atoms with Gasteiger partial charge in [0.1, 0.15) is 0 Å². The first kappa shape index (κ1) is 16.8. The Kier molecular flexibility index (Phi) is 4.60. The molecule has 1 aromatic carbocycles. The summed E-state index contributed by atoms with van der Waals surface area (Å²) in [5.41, 5.74) is 6.16. The summed E-state index contributed by atoms with van der Waals surface area (Å²) < 4.78 is 0. The van der Waals surface area contributed by atoms with E-state index in [1.807, 2.05) is 37.4 Å². The van der Waals surface area contributed by atoms with E-state index in [-0.39, 0.29) is 5.41 Å². The monoisotopic (exact) mass is 303 g/mol. The van der Waals surface area contributed by atoms with E-state index in [0.717, 1.165) is 28.1 Å². The molecule has 1 nitrogen and oxygen atoms in total. The first-order valence-electron chi connectivity index (χ1n) is 7.72. The lowest BCUT2D eigenvalue weighted by Gasteiger charge is -2.25. The van der Waals surface area contributed by atoms with Crippen LogP contribution in [0, 0.1) is 5.41 Å². The third kappa shape index (κ3) is 3.00. The second kappa shape index (κ2) is 6.29. The van der Waals surface area contributed by atoms with Crippen molar-refractivity contribution in [2.24, 2.45) is 5.41 Å². The van der Waals surface area contributed by atoms with Crippen molar-refractivity contribution >= 4 is 5.69 Å². The average molecular weight is 303 g/mol. The van der Waals surface area contributed by atoms with Gasteiger partial charge in [-0.3, -0.25) is 0 Å². The molecular weight excluding hydrogens is 278 g/mol. The van der Waals surface area contributed by atoms with Gasteiger partial charge in [0, 0.05) is 23.8 Å². The molecular formula is C22H25N. The molecule has 118 valence electrons. The quantitative estimate of drug-likeness (QED) is 0.676. The summed E-state index contributed by atoms with van der Waals surface area (Å²) in [4.78, 5) is 2.08. The minimum Gasteiger partial charge on any atom is -0.345 e. The second-order valence-electron chi connectivity index (χ2n) is 6.34. The van der Waals surface area contributed by atoms with Gasteiger partial charge in [-0.1, -0.05) is 70.5 Å². The molecule has 0 N–H and O–H groups in total. The first-order chi connectivity index (χ1) is 10.8. The maximum Gasteiger partial charge on any atom is 0.0407 e. The van der Waals surface area contributed by atoms with E-state index in [0.29, 0.717) is 0 Å². The number of allylic oxidation sites excluding steroid dienone is 7. The van der Waals surface area contributed by atoms with E-state index in [9.17, 15) is 0 Å². The summed E-state index contributed by atoms with van der Waals surface area (Å²) in [7, 11) is 2.02. The predicted molar refractivity (Wildman–Crippen MR) is 102 cm³/mol. The molecule has 1 aromatic rings. The fraction of sp³-hybridized carbons (Fsp3) is 0.182. The van der Waals surface area contributed by atoms with E-state index < -0.39 is 0 Å². The highest BCUT2D eigenvalue weighted by molar-refractivity contribution is 5.69. The van der Waals surface area contributed by atoms with Crippen LogP contribution in [0.4, 0.5) is 5.69 Å². The average Bonchev–Trinajstić information content (AvgIpc) is 2.69. The molecule has 2 rings (SSSR count). The molecule has 0 amide bonds. The van der Waals surface area contributed by atoms with Crippen LogP contribution in [-0.2, 0) is 0 Å². The van der Waals surface area contributed by atoms with Gasteiger partial charge in [0.05, 0.1) is 0 Å². The van der Waals surface area contributed by atoms with Gasteiger partial charge in [-0.05, 0) is 40.5 Å². The van der Waals surface area contributed by atoms with E-state index in [2.05, 4.69) is 63.3 Å². The Morgan fingerprint density at radius 3 is 2.17 bits per heavy atom. The van der Waals surface area contributed by atoms with Crippen molar-refractivity contribution in [3.8, 4) is 0 Å². The van der Waals surface area contributed by atoms with Crippen molar-refractivity contribution in [3.05, 3.63) is 103 Å². The van der Waals surface area contributed by atoms with Crippen LogP contribution < -0.4 is 4.90 Å². The second-order valence-corrected chi connectivity index (χ2v) is 6.34. The molecule has 0 atom stereocenters. The zero-order valence-electron chi connectivity index (χ0n) is 14.4. The summed E-state index contributed by atoms with van der Waals surface area (Å²) in [6.45, 7) is 20.8. The topological polar surface area (TPSA) is 3.24 Å². The number of nitrogens with zero attached hydrogens (tertiary/aromatic N) is 1. The van der Waals surface area contributed by atoms with Crippen LogP contribution in [0.3, 0.4) is 0 Å². The van der Waals surface area contributed by atoms with Gasteiger partial charge in [-0.25, -0.2) is 0 Å². The Morgan fingerprint density at radius 2 is 1.61 bits per heavy atom. The molecule has 1 saturated carbocycles. The number of hydrogen-bond acceptors (Lipinski definition) is 1. The first-order valence-corrected chi connectivity index (χ1v) is 7.72. The summed E-state index contributed by atoms with van der Waals surface area (Å²) >= 11 is 0. The lowest BCUT2D eigenvalue weighted by Crippen LogP contribution is -2.17. The van der Waals surface area contributed by atoms with Crippen LogP contribution in [0.5, 0.6) is 0 Å². The van der Waals surface area contributed by atoms with Gasteiger partial charge >= 0.3 is 0 Å². The molecule has 23 heavy (non-hydrogen) atoms. The number of rotatable bonds is 4. The minimum absolute atomic E-state index is 0.150. The number of para-hydroxylation sites is 1. The third-order valence-corrected chi connectivity index (χ3v) is 4.53. The molecule has 1 aliphatic carbocycles. The van der Waals surface area contributed by atoms with Gasteiger partial charge in [0.2, 0.25) is 0 Å². The van der Waals surface area contributed by atoms with Crippen molar-refractivity contribution in [1.29, 1.82) is 0 Å². The number of likely N-dealkylation sites (N-methyl/N-ethyl adjacent to an activating group) is 1. The molecule has 1 aliphatic rings. The van der Waals surface area contributed by atoms with Crippen molar-refractivity contribution in [3.63, 3.8) is 0 Å². The van der Waals surface area contributed by atoms with Gasteiger partial charge in [0.15, 0.2) is 0 Å². The predicted octanol–water partition coefficient (Wildman–Crippen LogP) is 5.83. The highest BCUT2D eigenvalue weighted by Crippen LogP contribution is 2.52. The van der Waals surface area contributed by atoms with E-state index in [1.165, 1.54) is 5.57 Å².